The van der Waals surface area contributed by atoms with E-state index in [9.17, 15) is 10.1 Å². The Labute approximate surface area is 128 Å². The third-order valence-electron chi connectivity index (χ3n) is 2.43. The molecule has 0 fully saturated rings. The van der Waals surface area contributed by atoms with Gasteiger partial charge in [-0.2, -0.15) is 0 Å². The third-order valence-corrected chi connectivity index (χ3v) is 3.61. The molecule has 3 nitrogen and oxygen atoms in total. The zero-order valence-corrected chi connectivity index (χ0v) is 12.2. The highest BCUT2D eigenvalue weighted by Crippen LogP contribution is 2.41. The largest absolute Gasteiger partial charge is 0.290 e. The van der Waals surface area contributed by atoms with Crippen LogP contribution in [-0.2, 0) is 0 Å². The van der Waals surface area contributed by atoms with Gasteiger partial charge in [0, 0.05) is 32.3 Å². The molecule has 0 saturated heterocycles. The number of halogens is 4. The minimum Gasteiger partial charge on any atom is -0.258 e. The normalized spacial score (nSPS) is 10.5. The molecule has 0 amide bonds. The fourth-order valence-electron chi connectivity index (χ4n) is 1.61. The predicted molar refractivity (Wildman–Crippen MR) is 78.6 cm³/mol. The maximum atomic E-state index is 10.9. The van der Waals surface area contributed by atoms with E-state index in [0.29, 0.717) is 21.2 Å². The summed E-state index contributed by atoms with van der Waals surface area (Å²) in [5.41, 5.74) is 0.582. The highest BCUT2D eigenvalue weighted by Gasteiger charge is 2.20. The van der Waals surface area contributed by atoms with Crippen molar-refractivity contribution in [2.24, 2.45) is 0 Å². The van der Waals surface area contributed by atoms with Crippen molar-refractivity contribution in [1.82, 2.24) is 0 Å². The van der Waals surface area contributed by atoms with Crippen molar-refractivity contribution in [2.75, 3.05) is 0 Å². The summed E-state index contributed by atoms with van der Waals surface area (Å²) in [4.78, 5) is 10.3. The monoisotopic (exact) mass is 335 g/mol. The highest BCUT2D eigenvalue weighted by molar-refractivity contribution is 6.39. The topological polar surface area (TPSA) is 43.1 Å². The van der Waals surface area contributed by atoms with Crippen LogP contribution in [0, 0.1) is 10.1 Å². The zero-order valence-electron chi connectivity index (χ0n) is 9.16. The molecule has 0 aliphatic heterocycles. The molecule has 0 spiro atoms. The number of nitro groups is 1. The quantitative estimate of drug-likeness (QED) is 0.508. The summed E-state index contributed by atoms with van der Waals surface area (Å²) >= 11 is 23.9. The predicted octanol–water partition coefficient (Wildman–Crippen LogP) is 5.88. The number of hydrogen-bond donors (Lipinski definition) is 0. The molecule has 0 bridgehead atoms. The van der Waals surface area contributed by atoms with Gasteiger partial charge < -0.3 is 0 Å². The van der Waals surface area contributed by atoms with Gasteiger partial charge in [-0.3, -0.25) is 10.1 Å². The van der Waals surface area contributed by atoms with Gasteiger partial charge in [-0.05, 0) is 24.3 Å². The second-order valence-corrected chi connectivity index (χ2v) is 5.33. The van der Waals surface area contributed by atoms with Crippen LogP contribution in [-0.4, -0.2) is 4.92 Å². The maximum Gasteiger partial charge on any atom is 0.290 e. The van der Waals surface area contributed by atoms with Gasteiger partial charge in [0.2, 0.25) is 0 Å². The van der Waals surface area contributed by atoms with Gasteiger partial charge in [-0.1, -0.05) is 46.4 Å². The third kappa shape index (κ3) is 2.95. The Kier molecular flexibility index (Phi) is 4.21. The molecule has 98 valence electrons. The first-order valence-electron chi connectivity index (χ1n) is 4.99. The first kappa shape index (κ1) is 14.4. The lowest BCUT2D eigenvalue weighted by molar-refractivity contribution is -0.384. The van der Waals surface area contributed by atoms with E-state index in [1.165, 1.54) is 12.1 Å². The van der Waals surface area contributed by atoms with E-state index in [-0.39, 0.29) is 15.7 Å². The molecule has 2 aromatic carbocycles. The standard InChI is InChI=1S/C12H5Cl4NO2/c13-6-1-2-10(15)8(3-6)9-4-7(14)5-11(12(9)16)17(18)19/h1-5H. The Morgan fingerprint density at radius 1 is 0.895 bits per heavy atom. The van der Waals surface area contributed by atoms with E-state index in [2.05, 4.69) is 0 Å². The molecule has 0 saturated carbocycles. The molecule has 2 aromatic rings. The molecular weight excluding hydrogens is 332 g/mol. The van der Waals surface area contributed by atoms with Crippen molar-refractivity contribution in [3.63, 3.8) is 0 Å². The zero-order chi connectivity index (χ0) is 14.2. The van der Waals surface area contributed by atoms with E-state index < -0.39 is 4.92 Å². The first-order valence-corrected chi connectivity index (χ1v) is 6.50. The molecule has 0 aliphatic carbocycles. The van der Waals surface area contributed by atoms with Gasteiger partial charge in [0.1, 0.15) is 5.02 Å². The lowest BCUT2D eigenvalue weighted by Gasteiger charge is -2.08. The van der Waals surface area contributed by atoms with Crippen LogP contribution in [0.4, 0.5) is 5.69 Å². The van der Waals surface area contributed by atoms with Crippen LogP contribution < -0.4 is 0 Å². The van der Waals surface area contributed by atoms with E-state index >= 15 is 0 Å². The van der Waals surface area contributed by atoms with Crippen molar-refractivity contribution in [3.05, 3.63) is 60.5 Å². The van der Waals surface area contributed by atoms with Crippen LogP contribution in [0.25, 0.3) is 11.1 Å². The molecule has 0 heterocycles. The minimum absolute atomic E-state index is 0.0291. The van der Waals surface area contributed by atoms with E-state index in [1.807, 2.05) is 0 Å². The molecule has 0 unspecified atom stereocenters. The van der Waals surface area contributed by atoms with Crippen molar-refractivity contribution in [2.45, 2.75) is 0 Å². The van der Waals surface area contributed by atoms with Crippen molar-refractivity contribution in [3.8, 4) is 11.1 Å². The Balaban J connectivity index is 2.75. The number of hydrogen-bond acceptors (Lipinski definition) is 2. The van der Waals surface area contributed by atoms with Gasteiger partial charge >= 0.3 is 0 Å². The van der Waals surface area contributed by atoms with Crippen LogP contribution >= 0.6 is 46.4 Å². The Morgan fingerprint density at radius 2 is 1.53 bits per heavy atom. The van der Waals surface area contributed by atoms with Crippen LogP contribution in [0.1, 0.15) is 0 Å². The molecule has 0 radical (unpaired) electrons. The second kappa shape index (κ2) is 5.55. The summed E-state index contributed by atoms with van der Waals surface area (Å²) in [5.74, 6) is 0. The van der Waals surface area contributed by atoms with Gasteiger partial charge in [0.25, 0.3) is 5.69 Å². The smallest absolute Gasteiger partial charge is 0.258 e. The lowest BCUT2D eigenvalue weighted by Crippen LogP contribution is -1.92. The molecule has 0 aromatic heterocycles. The van der Waals surface area contributed by atoms with Gasteiger partial charge in [0.15, 0.2) is 0 Å². The first-order chi connectivity index (χ1) is 8.90. The molecule has 0 aliphatic rings. The lowest BCUT2D eigenvalue weighted by atomic mass is 10.0. The fraction of sp³-hybridized carbons (Fsp3) is 0. The summed E-state index contributed by atoms with van der Waals surface area (Å²) in [6.45, 7) is 0. The van der Waals surface area contributed by atoms with Crippen molar-refractivity contribution in [1.29, 1.82) is 0 Å². The fourth-order valence-corrected chi connectivity index (χ4v) is 2.49. The van der Waals surface area contributed by atoms with Gasteiger partial charge in [0.05, 0.1) is 4.92 Å². The molecule has 2 rings (SSSR count). The van der Waals surface area contributed by atoms with Gasteiger partial charge in [-0.25, -0.2) is 0 Å². The van der Waals surface area contributed by atoms with E-state index in [1.54, 1.807) is 18.2 Å². The number of rotatable bonds is 2. The van der Waals surface area contributed by atoms with E-state index in [0.717, 1.165) is 0 Å². The van der Waals surface area contributed by atoms with Crippen molar-refractivity contribution >= 4 is 52.1 Å². The summed E-state index contributed by atoms with van der Waals surface area (Å²) in [7, 11) is 0. The van der Waals surface area contributed by atoms with Gasteiger partial charge in [-0.15, -0.1) is 0 Å². The van der Waals surface area contributed by atoms with Crippen LogP contribution in [0.5, 0.6) is 0 Å². The van der Waals surface area contributed by atoms with Crippen molar-refractivity contribution < 1.29 is 4.92 Å². The summed E-state index contributed by atoms with van der Waals surface area (Å²) in [5, 5.41) is 11.9. The molecular formula is C12H5Cl4NO2. The maximum absolute atomic E-state index is 10.9. The highest BCUT2D eigenvalue weighted by atomic mass is 35.5. The molecule has 0 N–H and O–H groups in total. The minimum atomic E-state index is -0.601. The Hall–Kier alpha value is -1.000. The second-order valence-electron chi connectivity index (χ2n) is 3.67. The number of benzene rings is 2. The summed E-state index contributed by atoms with van der Waals surface area (Å²) in [6, 6.07) is 7.47. The molecule has 19 heavy (non-hydrogen) atoms. The Bertz CT molecular complexity index is 673. The molecule has 7 heteroatoms. The molecule has 0 atom stereocenters. The van der Waals surface area contributed by atoms with Crippen LogP contribution in [0.2, 0.25) is 20.1 Å². The van der Waals surface area contributed by atoms with E-state index in [4.69, 9.17) is 46.4 Å². The number of nitrogens with zero attached hydrogens (tertiary/aromatic N) is 1. The average molecular weight is 337 g/mol. The Morgan fingerprint density at radius 3 is 2.16 bits per heavy atom. The van der Waals surface area contributed by atoms with Crippen LogP contribution in [0.15, 0.2) is 30.3 Å². The average Bonchev–Trinajstić information content (AvgIpc) is 2.34. The SMILES string of the molecule is O=[N+]([O-])c1cc(Cl)cc(-c2cc(Cl)ccc2Cl)c1Cl. The summed E-state index contributed by atoms with van der Waals surface area (Å²) < 4.78 is 0. The number of nitro benzene ring substituents is 1. The van der Waals surface area contributed by atoms with Crippen LogP contribution in [0.3, 0.4) is 0 Å². The summed E-state index contributed by atoms with van der Waals surface area (Å²) in [6.07, 6.45) is 0.